The van der Waals surface area contributed by atoms with Crippen molar-refractivity contribution in [3.63, 3.8) is 0 Å². The van der Waals surface area contributed by atoms with Crippen LogP contribution in [0.25, 0.3) is 0 Å². The lowest BCUT2D eigenvalue weighted by Crippen LogP contribution is -2.56. The van der Waals surface area contributed by atoms with Crippen molar-refractivity contribution in [2.45, 2.75) is 44.1 Å². The van der Waals surface area contributed by atoms with Gasteiger partial charge >= 0.3 is 0 Å². The van der Waals surface area contributed by atoms with Crippen molar-refractivity contribution in [1.29, 1.82) is 0 Å². The maximum absolute atomic E-state index is 13.1. The minimum Gasteiger partial charge on any atom is -0.391 e. The first-order valence-electron chi connectivity index (χ1n) is 7.02. The van der Waals surface area contributed by atoms with Crippen molar-refractivity contribution in [1.82, 2.24) is 5.32 Å². The van der Waals surface area contributed by atoms with Gasteiger partial charge in [0.25, 0.3) is 5.91 Å². The van der Waals surface area contributed by atoms with E-state index in [-0.39, 0.29) is 16.5 Å². The molecule has 2 rings (SSSR count). The molecule has 0 radical (unpaired) electrons. The van der Waals surface area contributed by atoms with Crippen LogP contribution < -0.4 is 11.1 Å². The Labute approximate surface area is 134 Å². The van der Waals surface area contributed by atoms with E-state index < -0.39 is 11.4 Å². The highest BCUT2D eigenvalue weighted by atomic mass is 35.5. The largest absolute Gasteiger partial charge is 0.391 e. The molecule has 0 bridgehead atoms. The molecule has 0 spiro atoms. The maximum Gasteiger partial charge on any atom is 0.253 e. The molecule has 1 aromatic rings. The lowest BCUT2D eigenvalue weighted by Gasteiger charge is -2.33. The third-order valence-electron chi connectivity index (χ3n) is 3.96. The van der Waals surface area contributed by atoms with Gasteiger partial charge < -0.3 is 11.1 Å². The highest BCUT2D eigenvalue weighted by Gasteiger charge is 2.36. The van der Waals surface area contributed by atoms with E-state index in [9.17, 15) is 9.18 Å². The summed E-state index contributed by atoms with van der Waals surface area (Å²) in [5.41, 5.74) is 5.45. The highest BCUT2D eigenvalue weighted by molar-refractivity contribution is 7.80. The van der Waals surface area contributed by atoms with Gasteiger partial charge in [0.05, 0.1) is 21.1 Å². The van der Waals surface area contributed by atoms with Crippen LogP contribution in [0.5, 0.6) is 0 Å². The third-order valence-corrected chi connectivity index (χ3v) is 4.66. The van der Waals surface area contributed by atoms with Crippen molar-refractivity contribution in [2.24, 2.45) is 5.73 Å². The van der Waals surface area contributed by atoms with Crippen molar-refractivity contribution in [2.75, 3.05) is 0 Å². The summed E-state index contributed by atoms with van der Waals surface area (Å²) >= 11 is 11.1. The molecule has 3 nitrogen and oxygen atoms in total. The van der Waals surface area contributed by atoms with Crippen molar-refractivity contribution < 1.29 is 9.18 Å². The van der Waals surface area contributed by atoms with Crippen LogP contribution in [0.1, 0.15) is 48.9 Å². The van der Waals surface area contributed by atoms with Gasteiger partial charge in [-0.05, 0) is 31.0 Å². The lowest BCUT2D eigenvalue weighted by molar-refractivity contribution is 0.0917. The summed E-state index contributed by atoms with van der Waals surface area (Å²) < 4.78 is 13.1. The number of rotatable bonds is 3. The number of halogens is 2. The first kappa shape index (κ1) is 16.2. The third kappa shape index (κ3) is 3.71. The summed E-state index contributed by atoms with van der Waals surface area (Å²) in [5.74, 6) is -0.843. The van der Waals surface area contributed by atoms with Crippen molar-refractivity contribution in [3.8, 4) is 0 Å². The fraction of sp³-hybridized carbons (Fsp3) is 0.467. The van der Waals surface area contributed by atoms with Crippen LogP contribution in [0, 0.1) is 5.82 Å². The molecule has 3 N–H and O–H groups in total. The van der Waals surface area contributed by atoms with Crippen LogP contribution in [-0.4, -0.2) is 16.4 Å². The molecular weight excluding hydrogens is 311 g/mol. The van der Waals surface area contributed by atoms with Gasteiger partial charge in [0, 0.05) is 0 Å². The van der Waals surface area contributed by atoms with E-state index in [1.165, 1.54) is 12.1 Å². The Morgan fingerprint density at radius 3 is 2.43 bits per heavy atom. The summed E-state index contributed by atoms with van der Waals surface area (Å²) in [5, 5.41) is 3.02. The monoisotopic (exact) mass is 328 g/mol. The Bertz CT molecular complexity index is 557. The molecule has 0 aromatic heterocycles. The molecular formula is C15H18ClFN2OS. The van der Waals surface area contributed by atoms with Crippen LogP contribution in [0.15, 0.2) is 18.2 Å². The lowest BCUT2D eigenvalue weighted by atomic mass is 9.89. The van der Waals surface area contributed by atoms with Crippen LogP contribution in [-0.2, 0) is 0 Å². The zero-order valence-electron chi connectivity index (χ0n) is 11.6. The molecule has 0 saturated heterocycles. The number of carbonyl (C=O) groups is 1. The van der Waals surface area contributed by atoms with Gasteiger partial charge in [-0.2, -0.15) is 0 Å². The molecule has 21 heavy (non-hydrogen) atoms. The van der Waals surface area contributed by atoms with Gasteiger partial charge in [-0.3, -0.25) is 4.79 Å². The molecule has 6 heteroatoms. The van der Waals surface area contributed by atoms with Gasteiger partial charge in [0.2, 0.25) is 0 Å². The quantitative estimate of drug-likeness (QED) is 0.658. The number of carbonyl (C=O) groups excluding carboxylic acids is 1. The average Bonchev–Trinajstić information content (AvgIpc) is 2.65. The molecule has 1 aliphatic rings. The number of hydrogen-bond acceptors (Lipinski definition) is 2. The standard InChI is InChI=1S/C15H18ClFN2OS/c16-12-9-10(17)5-6-11(12)13(20)19-15(14(18)21)7-3-1-2-4-8-15/h5-6,9H,1-4,7-8H2,(H2,18,21)(H,19,20). The Kier molecular flexibility index (Phi) is 5.17. The molecule has 114 valence electrons. The normalized spacial score (nSPS) is 17.8. The summed E-state index contributed by atoms with van der Waals surface area (Å²) in [6.45, 7) is 0. The average molecular weight is 329 g/mol. The Morgan fingerprint density at radius 2 is 1.90 bits per heavy atom. The van der Waals surface area contributed by atoms with Crippen LogP contribution in [0.3, 0.4) is 0 Å². The SMILES string of the molecule is NC(=S)C1(NC(=O)c2ccc(F)cc2Cl)CCCCCC1. The van der Waals surface area contributed by atoms with E-state index in [1.54, 1.807) is 0 Å². The number of benzene rings is 1. The minimum absolute atomic E-state index is 0.0826. The second-order valence-corrected chi connectivity index (χ2v) is 6.29. The van der Waals surface area contributed by atoms with E-state index >= 15 is 0 Å². The molecule has 0 aliphatic heterocycles. The predicted molar refractivity (Wildman–Crippen MR) is 86.1 cm³/mol. The van der Waals surface area contributed by atoms with Crippen molar-refractivity contribution >= 4 is 34.7 Å². The van der Waals surface area contributed by atoms with Gasteiger partial charge in [0.15, 0.2) is 0 Å². The van der Waals surface area contributed by atoms with E-state index in [1.807, 2.05) is 0 Å². The zero-order valence-corrected chi connectivity index (χ0v) is 13.2. The molecule has 1 fully saturated rings. The summed E-state index contributed by atoms with van der Waals surface area (Å²) in [7, 11) is 0. The van der Waals surface area contributed by atoms with Gasteiger partial charge in [-0.15, -0.1) is 0 Å². The molecule has 1 amide bonds. The van der Waals surface area contributed by atoms with E-state index in [0.717, 1.165) is 44.6 Å². The van der Waals surface area contributed by atoms with E-state index in [0.29, 0.717) is 4.99 Å². The molecule has 1 aromatic carbocycles. The number of nitrogens with one attached hydrogen (secondary N) is 1. The second kappa shape index (κ2) is 6.71. The first-order valence-corrected chi connectivity index (χ1v) is 7.81. The summed E-state index contributed by atoms with van der Waals surface area (Å²) in [6.07, 6.45) is 5.61. The fourth-order valence-corrected chi connectivity index (χ4v) is 3.23. The number of thiocarbonyl (C=S) groups is 1. The van der Waals surface area contributed by atoms with Crippen LogP contribution in [0.4, 0.5) is 4.39 Å². The second-order valence-electron chi connectivity index (χ2n) is 5.44. The molecule has 0 unspecified atom stereocenters. The maximum atomic E-state index is 13.1. The Hall–Kier alpha value is -1.20. The number of nitrogens with two attached hydrogens (primary N) is 1. The van der Waals surface area contributed by atoms with Crippen LogP contribution in [0.2, 0.25) is 5.02 Å². The number of amides is 1. The molecule has 1 saturated carbocycles. The Morgan fingerprint density at radius 1 is 1.29 bits per heavy atom. The van der Waals surface area contributed by atoms with Gasteiger partial charge in [0.1, 0.15) is 5.82 Å². The highest BCUT2D eigenvalue weighted by Crippen LogP contribution is 2.28. The first-order chi connectivity index (χ1) is 9.94. The molecule has 0 heterocycles. The zero-order chi connectivity index (χ0) is 15.5. The van der Waals surface area contributed by atoms with E-state index in [4.69, 9.17) is 29.6 Å². The smallest absolute Gasteiger partial charge is 0.253 e. The minimum atomic E-state index is -0.666. The number of hydrogen-bond donors (Lipinski definition) is 2. The summed E-state index contributed by atoms with van der Waals surface area (Å²) in [4.78, 5) is 12.7. The summed E-state index contributed by atoms with van der Waals surface area (Å²) in [6, 6.07) is 3.70. The van der Waals surface area contributed by atoms with Crippen LogP contribution >= 0.6 is 23.8 Å². The molecule has 1 aliphatic carbocycles. The fourth-order valence-electron chi connectivity index (χ4n) is 2.72. The van der Waals surface area contributed by atoms with E-state index in [2.05, 4.69) is 5.32 Å². The van der Waals surface area contributed by atoms with Gasteiger partial charge in [-0.25, -0.2) is 4.39 Å². The van der Waals surface area contributed by atoms with Gasteiger partial charge in [-0.1, -0.05) is 49.5 Å². The Balaban J connectivity index is 2.24. The topological polar surface area (TPSA) is 55.1 Å². The molecule has 0 atom stereocenters. The predicted octanol–water partition coefficient (Wildman–Crippen LogP) is 3.59. The van der Waals surface area contributed by atoms with Crippen molar-refractivity contribution in [3.05, 3.63) is 34.6 Å².